The van der Waals surface area contributed by atoms with E-state index in [1.165, 1.54) is 103 Å². The van der Waals surface area contributed by atoms with Gasteiger partial charge in [-0.05, 0) is 103 Å². The molecule has 0 aliphatic carbocycles. The topological polar surface area (TPSA) is 105 Å². The molecule has 360 valence electrons. The molecule has 0 bridgehead atoms. The highest BCUT2D eigenvalue weighted by Crippen LogP contribution is 2.24. The number of hydrogen-bond donors (Lipinski definition) is 1. The lowest BCUT2D eigenvalue weighted by atomic mass is 10.0. The molecule has 9 nitrogen and oxygen atoms in total. The van der Waals surface area contributed by atoms with Crippen molar-refractivity contribution in [3.05, 3.63) is 20.4 Å². The van der Waals surface area contributed by atoms with Crippen molar-refractivity contribution in [2.24, 2.45) is 0 Å². The lowest BCUT2D eigenvalue weighted by Gasteiger charge is -2.31. The summed E-state index contributed by atoms with van der Waals surface area (Å²) >= 11 is 0. The summed E-state index contributed by atoms with van der Waals surface area (Å²) in [5.74, 6) is -0.0433. The average Bonchev–Trinajstić information content (AvgIpc) is 3.28. The van der Waals surface area contributed by atoms with Gasteiger partial charge in [0, 0.05) is 32.5 Å². The van der Waals surface area contributed by atoms with Gasteiger partial charge >= 0.3 is 11.9 Å². The Morgan fingerprint density at radius 3 is 1.53 bits per heavy atom. The number of hydrogen-bond acceptors (Lipinski definition) is 9. The highest BCUT2D eigenvalue weighted by molar-refractivity contribution is 5.75. The molecule has 62 heavy (non-hydrogen) atoms. The van der Waals surface area contributed by atoms with Gasteiger partial charge in [-0.2, -0.15) is 0 Å². The van der Waals surface area contributed by atoms with Crippen LogP contribution in [-0.2, 0) is 19.1 Å². The van der Waals surface area contributed by atoms with E-state index in [0.29, 0.717) is 37.4 Å². The molecular weight excluding hydrogens is 775 g/mol. The minimum Gasteiger partial charge on any atom is -0.466 e. The van der Waals surface area contributed by atoms with E-state index < -0.39 is 0 Å². The quantitative estimate of drug-likeness (QED) is 0.0390. The lowest BCUT2D eigenvalue weighted by Crippen LogP contribution is -2.44. The molecule has 2 rings (SSSR count). The van der Waals surface area contributed by atoms with Crippen LogP contribution in [0.4, 0.5) is 11.4 Å². The molecule has 1 N–H and O–H groups in total. The maximum absolute atomic E-state index is 12.9. The number of ether oxygens (including phenoxy) is 2. The number of nitrogens with one attached hydrogen (secondary N) is 1. The van der Waals surface area contributed by atoms with Crippen LogP contribution in [0.5, 0.6) is 0 Å². The first-order valence-corrected chi connectivity index (χ1v) is 26.8. The van der Waals surface area contributed by atoms with Crippen molar-refractivity contribution in [1.82, 2.24) is 4.90 Å². The normalized spacial score (nSPS) is 13.6. The standard InChI is InChI=1S/C53H97N3O6/c1-4-7-10-13-15-24-34-46-61-48(57)38-28-20-16-22-30-41-55(43-35-40-54-50-51(53(60)52(50)59)56-44-32-25-33-45-56)42-31-23-17-21-29-39-49(58)62-47(36-26-18-12-9-6-3)37-27-19-14-11-8-5-2/h47,54H,4-46H2,1-3H3. The molecule has 1 atom stereocenters. The van der Waals surface area contributed by atoms with E-state index in [-0.39, 0.29) is 28.9 Å². The van der Waals surface area contributed by atoms with Crippen LogP contribution >= 0.6 is 0 Å². The molecule has 1 saturated heterocycles. The summed E-state index contributed by atoms with van der Waals surface area (Å²) < 4.78 is 11.5. The van der Waals surface area contributed by atoms with Crippen LogP contribution in [0.1, 0.15) is 252 Å². The fourth-order valence-electron chi connectivity index (χ4n) is 9.04. The summed E-state index contributed by atoms with van der Waals surface area (Å²) in [7, 11) is 0. The Morgan fingerprint density at radius 2 is 0.984 bits per heavy atom. The third-order valence-electron chi connectivity index (χ3n) is 13.0. The van der Waals surface area contributed by atoms with E-state index in [0.717, 1.165) is 148 Å². The number of nitrogens with zero attached hydrogens (tertiary/aromatic N) is 2. The van der Waals surface area contributed by atoms with Crippen molar-refractivity contribution in [2.45, 2.75) is 258 Å². The number of unbranched alkanes of at least 4 members (excludes halogenated alkanes) is 23. The first-order chi connectivity index (χ1) is 30.4. The highest BCUT2D eigenvalue weighted by atomic mass is 16.5. The second kappa shape index (κ2) is 39.0. The maximum Gasteiger partial charge on any atom is 0.306 e. The molecular formula is C53H97N3O6. The van der Waals surface area contributed by atoms with Crippen molar-refractivity contribution < 1.29 is 19.1 Å². The van der Waals surface area contributed by atoms with Gasteiger partial charge in [0.15, 0.2) is 0 Å². The smallest absolute Gasteiger partial charge is 0.306 e. The fourth-order valence-corrected chi connectivity index (χ4v) is 9.04. The molecule has 0 radical (unpaired) electrons. The molecule has 9 heteroatoms. The molecule has 0 amide bonds. The Hall–Kier alpha value is -2.42. The predicted molar refractivity (Wildman–Crippen MR) is 263 cm³/mol. The van der Waals surface area contributed by atoms with Crippen molar-refractivity contribution in [2.75, 3.05) is 56.1 Å². The lowest BCUT2D eigenvalue weighted by molar-refractivity contribution is -0.150. The second-order valence-corrected chi connectivity index (χ2v) is 18.8. The third kappa shape index (κ3) is 27.7. The fraction of sp³-hybridized carbons (Fsp3) is 0.887. The maximum atomic E-state index is 12.9. The highest BCUT2D eigenvalue weighted by Gasteiger charge is 2.26. The summed E-state index contributed by atoms with van der Waals surface area (Å²) in [5, 5.41) is 3.34. The summed E-state index contributed by atoms with van der Waals surface area (Å²) in [6, 6.07) is 0. The summed E-state index contributed by atoms with van der Waals surface area (Å²) in [5.41, 5.74) is 0.467. The van der Waals surface area contributed by atoms with E-state index in [1.54, 1.807) is 0 Å². The zero-order valence-electron chi connectivity index (χ0n) is 40.8. The average molecular weight is 872 g/mol. The molecule has 0 spiro atoms. The zero-order chi connectivity index (χ0) is 44.7. The van der Waals surface area contributed by atoms with Crippen LogP contribution in [0.25, 0.3) is 0 Å². The Bertz CT molecular complexity index is 1290. The van der Waals surface area contributed by atoms with Crippen LogP contribution in [0.3, 0.4) is 0 Å². The SMILES string of the molecule is CCCCCCCCCOC(=O)CCCCCCCN(CCCCCCCC(=O)OC(CCCCCCC)CCCCCCCC)CCCNc1c(N2CCCCC2)c(=O)c1=O. The van der Waals surface area contributed by atoms with Crippen LogP contribution < -0.4 is 21.1 Å². The van der Waals surface area contributed by atoms with Gasteiger partial charge in [0.1, 0.15) is 17.5 Å². The Balaban J connectivity index is 1.70. The van der Waals surface area contributed by atoms with Gasteiger partial charge in [0.25, 0.3) is 10.9 Å². The van der Waals surface area contributed by atoms with E-state index in [1.807, 2.05) is 0 Å². The van der Waals surface area contributed by atoms with E-state index >= 15 is 0 Å². The van der Waals surface area contributed by atoms with Gasteiger partial charge in [0.2, 0.25) is 0 Å². The Labute approximate surface area is 380 Å². The molecule has 0 aromatic heterocycles. The van der Waals surface area contributed by atoms with Crippen LogP contribution in [0.2, 0.25) is 0 Å². The van der Waals surface area contributed by atoms with E-state index in [4.69, 9.17) is 9.47 Å². The van der Waals surface area contributed by atoms with Crippen LogP contribution in [0.15, 0.2) is 9.59 Å². The molecule has 1 heterocycles. The summed E-state index contributed by atoms with van der Waals surface area (Å²) in [6.07, 6.45) is 40.6. The molecule has 0 saturated carbocycles. The van der Waals surface area contributed by atoms with Gasteiger partial charge < -0.3 is 24.6 Å². The summed E-state index contributed by atoms with van der Waals surface area (Å²) in [4.78, 5) is 54.6. The van der Waals surface area contributed by atoms with Crippen LogP contribution in [-0.4, -0.2) is 68.8 Å². The van der Waals surface area contributed by atoms with Crippen molar-refractivity contribution in [1.29, 1.82) is 0 Å². The molecule has 1 fully saturated rings. The van der Waals surface area contributed by atoms with Crippen molar-refractivity contribution in [3.8, 4) is 0 Å². The van der Waals surface area contributed by atoms with Gasteiger partial charge in [-0.25, -0.2) is 0 Å². The minimum atomic E-state index is -0.358. The van der Waals surface area contributed by atoms with Gasteiger partial charge in [-0.15, -0.1) is 0 Å². The Kier molecular flexibility index (Phi) is 35.0. The molecule has 1 unspecified atom stereocenters. The van der Waals surface area contributed by atoms with Crippen LogP contribution in [0, 0.1) is 0 Å². The number of carbonyl (C=O) groups excluding carboxylic acids is 2. The molecule has 1 aliphatic heterocycles. The van der Waals surface area contributed by atoms with E-state index in [9.17, 15) is 19.2 Å². The van der Waals surface area contributed by atoms with E-state index in [2.05, 4.69) is 35.9 Å². The van der Waals surface area contributed by atoms with Crippen molar-refractivity contribution in [3.63, 3.8) is 0 Å². The largest absolute Gasteiger partial charge is 0.466 e. The van der Waals surface area contributed by atoms with Gasteiger partial charge in [-0.3, -0.25) is 19.2 Å². The third-order valence-corrected chi connectivity index (χ3v) is 13.0. The first-order valence-electron chi connectivity index (χ1n) is 26.8. The molecule has 1 aromatic rings. The Morgan fingerprint density at radius 1 is 0.532 bits per heavy atom. The molecule has 1 aliphatic rings. The number of carbonyl (C=O) groups is 2. The van der Waals surface area contributed by atoms with Gasteiger partial charge in [0.05, 0.1) is 6.61 Å². The molecule has 1 aromatic carbocycles. The summed E-state index contributed by atoms with van der Waals surface area (Å²) in [6.45, 7) is 12.8. The zero-order valence-corrected chi connectivity index (χ0v) is 40.8. The number of piperidine rings is 1. The number of anilines is 2. The first kappa shape index (κ1) is 55.7. The second-order valence-electron chi connectivity index (χ2n) is 18.8. The van der Waals surface area contributed by atoms with Gasteiger partial charge in [-0.1, -0.05) is 156 Å². The number of esters is 2. The van der Waals surface area contributed by atoms with Crippen molar-refractivity contribution >= 4 is 23.3 Å². The predicted octanol–water partition coefficient (Wildman–Crippen LogP) is 13.4. The minimum absolute atomic E-state index is 0.000148. The monoisotopic (exact) mass is 872 g/mol. The number of rotatable bonds is 44.